The van der Waals surface area contributed by atoms with E-state index in [1.54, 1.807) is 12.1 Å². The van der Waals surface area contributed by atoms with Gasteiger partial charge in [-0.2, -0.15) is 0 Å². The molecule has 0 bridgehead atoms. The van der Waals surface area contributed by atoms with Gasteiger partial charge in [-0.25, -0.2) is 4.79 Å². The average molecular weight is 344 g/mol. The minimum Gasteiger partial charge on any atom is -0.452 e. The molecule has 5 nitrogen and oxygen atoms in total. The molecule has 1 saturated heterocycles. The maximum Gasteiger partial charge on any atom is 0.338 e. The van der Waals surface area contributed by atoms with Gasteiger partial charge in [-0.05, 0) is 48.9 Å². The van der Waals surface area contributed by atoms with Crippen LogP contribution in [0.3, 0.4) is 0 Å². The van der Waals surface area contributed by atoms with E-state index in [9.17, 15) is 9.59 Å². The summed E-state index contributed by atoms with van der Waals surface area (Å²) in [6, 6.07) is 7.20. The van der Waals surface area contributed by atoms with Crippen molar-refractivity contribution in [2.75, 3.05) is 38.7 Å². The van der Waals surface area contributed by atoms with Crippen molar-refractivity contribution in [1.82, 2.24) is 4.90 Å². The Morgan fingerprint density at radius 2 is 1.76 bits per heavy atom. The Labute approximate surface area is 149 Å². The molecule has 2 fully saturated rings. The van der Waals surface area contributed by atoms with Crippen LogP contribution in [0.2, 0.25) is 0 Å². The molecule has 3 rings (SSSR count). The fourth-order valence-electron chi connectivity index (χ4n) is 4.02. The quantitative estimate of drug-likeness (QED) is 0.788. The van der Waals surface area contributed by atoms with Gasteiger partial charge in [0, 0.05) is 32.9 Å². The van der Waals surface area contributed by atoms with Crippen molar-refractivity contribution in [2.45, 2.75) is 32.1 Å². The van der Waals surface area contributed by atoms with E-state index in [4.69, 9.17) is 4.74 Å². The van der Waals surface area contributed by atoms with Crippen LogP contribution in [0.5, 0.6) is 0 Å². The second-order valence-electron chi connectivity index (χ2n) is 7.45. The van der Waals surface area contributed by atoms with Crippen molar-refractivity contribution in [3.05, 3.63) is 29.8 Å². The number of piperidine rings is 1. The Hall–Kier alpha value is -2.04. The lowest BCUT2D eigenvalue weighted by molar-refractivity contribution is -0.137. The monoisotopic (exact) mass is 344 g/mol. The molecular formula is C20H28N2O3. The molecule has 0 spiro atoms. The number of hydrogen-bond donors (Lipinski definition) is 0. The summed E-state index contributed by atoms with van der Waals surface area (Å²) in [5.74, 6) is 0.921. The molecule has 0 unspecified atom stereocenters. The van der Waals surface area contributed by atoms with Crippen molar-refractivity contribution in [3.63, 3.8) is 0 Å². The standard InChI is InChI=1S/C20H28N2O3/c1-21(2)18-9-7-16(8-10-18)20(24)25-14-19(23)22-12-11-15-5-3-4-6-17(15)13-22/h7-10,15,17H,3-6,11-14H2,1-2H3/t15-,17+/m0/s1. The maximum absolute atomic E-state index is 12.4. The van der Waals surface area contributed by atoms with Crippen molar-refractivity contribution in [2.24, 2.45) is 11.8 Å². The Kier molecular flexibility index (Phi) is 5.61. The number of ether oxygens (including phenoxy) is 1. The third-order valence-electron chi connectivity index (χ3n) is 5.59. The zero-order valence-corrected chi connectivity index (χ0v) is 15.2. The van der Waals surface area contributed by atoms with Crippen molar-refractivity contribution in [1.29, 1.82) is 0 Å². The maximum atomic E-state index is 12.4. The summed E-state index contributed by atoms with van der Waals surface area (Å²) in [5, 5.41) is 0. The molecule has 2 atom stereocenters. The molecule has 1 aromatic rings. The first-order chi connectivity index (χ1) is 12.0. The molecule has 0 aromatic heterocycles. The fraction of sp³-hybridized carbons (Fsp3) is 0.600. The van der Waals surface area contributed by atoms with Gasteiger partial charge in [-0.3, -0.25) is 4.79 Å². The van der Waals surface area contributed by atoms with Gasteiger partial charge in [0.15, 0.2) is 6.61 Å². The predicted octanol–water partition coefficient (Wildman–Crippen LogP) is 2.95. The van der Waals surface area contributed by atoms with E-state index in [1.807, 2.05) is 36.0 Å². The van der Waals surface area contributed by atoms with Gasteiger partial charge in [0.05, 0.1) is 5.56 Å². The van der Waals surface area contributed by atoms with E-state index in [-0.39, 0.29) is 12.5 Å². The molecule has 0 radical (unpaired) electrons. The van der Waals surface area contributed by atoms with E-state index >= 15 is 0 Å². The average Bonchev–Trinajstić information content (AvgIpc) is 2.65. The van der Waals surface area contributed by atoms with Crippen LogP contribution in [0.1, 0.15) is 42.5 Å². The Balaban J connectivity index is 1.49. The van der Waals surface area contributed by atoms with Crippen molar-refractivity contribution in [3.8, 4) is 0 Å². The number of amides is 1. The molecule has 2 aliphatic rings. The molecule has 0 N–H and O–H groups in total. The Bertz CT molecular complexity index is 612. The number of benzene rings is 1. The number of carbonyl (C=O) groups is 2. The summed E-state index contributed by atoms with van der Waals surface area (Å²) in [4.78, 5) is 28.4. The highest BCUT2D eigenvalue weighted by atomic mass is 16.5. The lowest BCUT2D eigenvalue weighted by atomic mass is 9.75. The van der Waals surface area contributed by atoms with Crippen LogP contribution in [0.25, 0.3) is 0 Å². The summed E-state index contributed by atoms with van der Waals surface area (Å²) in [7, 11) is 3.89. The number of hydrogen-bond acceptors (Lipinski definition) is 4. The van der Waals surface area contributed by atoms with Crippen molar-refractivity contribution < 1.29 is 14.3 Å². The van der Waals surface area contributed by atoms with Crippen molar-refractivity contribution >= 4 is 17.6 Å². The summed E-state index contributed by atoms with van der Waals surface area (Å²) >= 11 is 0. The van der Waals surface area contributed by atoms with Crippen LogP contribution in [0.15, 0.2) is 24.3 Å². The normalized spacial score (nSPS) is 22.9. The van der Waals surface area contributed by atoms with Gasteiger partial charge >= 0.3 is 5.97 Å². The largest absolute Gasteiger partial charge is 0.452 e. The fourth-order valence-corrected chi connectivity index (χ4v) is 4.02. The van der Waals surface area contributed by atoms with Gasteiger partial charge in [0.2, 0.25) is 0 Å². The topological polar surface area (TPSA) is 49.9 Å². The first-order valence-electron chi connectivity index (χ1n) is 9.27. The van der Waals surface area contributed by atoms with Gasteiger partial charge in [0.1, 0.15) is 0 Å². The lowest BCUT2D eigenvalue weighted by Gasteiger charge is -2.41. The number of carbonyl (C=O) groups excluding carboxylic acids is 2. The lowest BCUT2D eigenvalue weighted by Crippen LogP contribution is -2.46. The number of likely N-dealkylation sites (tertiary alicyclic amines) is 1. The van der Waals surface area contributed by atoms with Gasteiger partial charge < -0.3 is 14.5 Å². The summed E-state index contributed by atoms with van der Waals surface area (Å²) in [6.07, 6.45) is 6.24. The minimum absolute atomic E-state index is 0.0673. The Morgan fingerprint density at radius 1 is 1.08 bits per heavy atom. The molecule has 1 aromatic carbocycles. The SMILES string of the molecule is CN(C)c1ccc(C(=O)OCC(=O)N2CC[C@@H]3CCCC[C@@H]3C2)cc1. The second-order valence-corrected chi connectivity index (χ2v) is 7.45. The highest BCUT2D eigenvalue weighted by molar-refractivity contribution is 5.91. The van der Waals surface area contributed by atoms with Crippen LogP contribution in [0, 0.1) is 11.8 Å². The van der Waals surface area contributed by atoms with Crippen LogP contribution < -0.4 is 4.90 Å². The zero-order valence-electron chi connectivity index (χ0n) is 15.2. The number of anilines is 1. The summed E-state index contributed by atoms with van der Waals surface area (Å²) < 4.78 is 5.24. The molecule has 25 heavy (non-hydrogen) atoms. The highest BCUT2D eigenvalue weighted by Crippen LogP contribution is 2.36. The third-order valence-corrected chi connectivity index (χ3v) is 5.59. The van der Waals surface area contributed by atoms with E-state index in [1.165, 1.54) is 25.7 Å². The number of rotatable bonds is 4. The Morgan fingerprint density at radius 3 is 2.44 bits per heavy atom. The number of fused-ring (bicyclic) bond motifs is 1. The predicted molar refractivity (Wildman–Crippen MR) is 97.7 cm³/mol. The van der Waals surface area contributed by atoms with E-state index < -0.39 is 5.97 Å². The smallest absolute Gasteiger partial charge is 0.338 e. The van der Waals surface area contributed by atoms with Gasteiger partial charge in [0.25, 0.3) is 5.91 Å². The van der Waals surface area contributed by atoms with E-state index in [0.29, 0.717) is 11.5 Å². The number of nitrogens with zero attached hydrogens (tertiary/aromatic N) is 2. The minimum atomic E-state index is -0.439. The summed E-state index contributed by atoms with van der Waals surface area (Å²) in [5.41, 5.74) is 1.49. The zero-order chi connectivity index (χ0) is 17.8. The van der Waals surface area contributed by atoms with Crippen LogP contribution >= 0.6 is 0 Å². The first kappa shape index (κ1) is 17.8. The van der Waals surface area contributed by atoms with Gasteiger partial charge in [-0.1, -0.05) is 19.3 Å². The molecular weight excluding hydrogens is 316 g/mol. The highest BCUT2D eigenvalue weighted by Gasteiger charge is 2.33. The molecule has 1 heterocycles. The van der Waals surface area contributed by atoms with E-state index in [0.717, 1.165) is 31.1 Å². The summed E-state index contributed by atoms with van der Waals surface area (Å²) in [6.45, 7) is 1.47. The van der Waals surface area contributed by atoms with Crippen LogP contribution in [-0.2, 0) is 9.53 Å². The van der Waals surface area contributed by atoms with Crippen LogP contribution in [-0.4, -0.2) is 50.6 Å². The third kappa shape index (κ3) is 4.33. The molecule has 136 valence electrons. The number of esters is 1. The molecule has 5 heteroatoms. The molecule has 1 aliphatic carbocycles. The van der Waals surface area contributed by atoms with Gasteiger partial charge in [-0.15, -0.1) is 0 Å². The van der Waals surface area contributed by atoms with E-state index in [2.05, 4.69) is 0 Å². The first-order valence-corrected chi connectivity index (χ1v) is 9.27. The van der Waals surface area contributed by atoms with Crippen LogP contribution in [0.4, 0.5) is 5.69 Å². The molecule has 1 saturated carbocycles. The molecule has 1 amide bonds. The second kappa shape index (κ2) is 7.89. The molecule has 1 aliphatic heterocycles.